The quantitative estimate of drug-likeness (QED) is 0.0344. The van der Waals surface area contributed by atoms with Gasteiger partial charge in [-0.1, -0.05) is 12.8 Å². The number of hydrogen-bond donors (Lipinski definition) is 13. The van der Waals surface area contributed by atoms with Crippen LogP contribution >= 0.6 is 0 Å². The second kappa shape index (κ2) is 24.9. The summed E-state index contributed by atoms with van der Waals surface area (Å²) in [7, 11) is 0. The van der Waals surface area contributed by atoms with E-state index < -0.39 is 85.4 Å². The second-order valence-electron chi connectivity index (χ2n) is 11.0. The van der Waals surface area contributed by atoms with Gasteiger partial charge < -0.3 is 72.3 Å². The van der Waals surface area contributed by atoms with Gasteiger partial charge in [-0.2, -0.15) is 0 Å². The van der Waals surface area contributed by atoms with E-state index in [1.54, 1.807) is 0 Å². The van der Waals surface area contributed by atoms with E-state index in [0.29, 0.717) is 13.1 Å². The average molecular weight is 671 g/mol. The van der Waals surface area contributed by atoms with E-state index >= 15 is 0 Å². The highest BCUT2D eigenvalue weighted by atomic mass is 16.4. The standard InChI is InChI=1S/C28H54N4O14/c29-9-3-1-2-4-12-32(13-7-21(39)30-10-5-17(35)23(41)27(45)25(43)19(37)15-33)14-8-22(40)31-11-6-18(36)24(42)28(46)26(44)20(38)16-34/h19-20,23-28,33-34,37-38,41-46H,1-16,29H2,(H,30,39)(H,31,40)/t19-,20-,23+,24+,25-,26-,27-,28-/m1/s1. The third-order valence-electron chi connectivity index (χ3n) is 7.29. The molecule has 0 heterocycles. The Balaban J connectivity index is 4.72. The van der Waals surface area contributed by atoms with Crippen LogP contribution in [0.3, 0.4) is 0 Å². The molecule has 0 aliphatic carbocycles. The molecule has 0 fully saturated rings. The molecule has 0 radical (unpaired) electrons. The summed E-state index contributed by atoms with van der Waals surface area (Å²) in [5, 5.41) is 100.0. The lowest BCUT2D eigenvalue weighted by Crippen LogP contribution is -2.49. The van der Waals surface area contributed by atoms with E-state index in [-0.39, 0.29) is 51.9 Å². The third kappa shape index (κ3) is 17.6. The Kier molecular flexibility index (Phi) is 23.7. The molecule has 46 heavy (non-hydrogen) atoms. The summed E-state index contributed by atoms with van der Waals surface area (Å²) in [4.78, 5) is 50.8. The number of amides is 2. The number of Topliss-reactive ketones (excluding diaryl/α,β-unsaturated/α-hetero) is 2. The van der Waals surface area contributed by atoms with E-state index in [1.807, 2.05) is 4.90 Å². The molecule has 0 rings (SSSR count). The molecule has 14 N–H and O–H groups in total. The number of hydrogen-bond acceptors (Lipinski definition) is 16. The van der Waals surface area contributed by atoms with Crippen LogP contribution in [0.25, 0.3) is 0 Å². The van der Waals surface area contributed by atoms with Crippen molar-refractivity contribution in [1.29, 1.82) is 0 Å². The maximum atomic E-state index is 12.4. The van der Waals surface area contributed by atoms with Crippen LogP contribution in [0.15, 0.2) is 0 Å². The number of ketones is 2. The lowest BCUT2D eigenvalue weighted by molar-refractivity contribution is -0.147. The Labute approximate surface area is 267 Å². The van der Waals surface area contributed by atoms with Gasteiger partial charge in [-0.25, -0.2) is 0 Å². The monoisotopic (exact) mass is 670 g/mol. The fourth-order valence-corrected chi connectivity index (χ4v) is 4.24. The van der Waals surface area contributed by atoms with Crippen LogP contribution in [-0.4, -0.2) is 181 Å². The molecule has 0 saturated carbocycles. The molecule has 18 nitrogen and oxygen atoms in total. The van der Waals surface area contributed by atoms with E-state index in [1.165, 1.54) is 0 Å². The van der Waals surface area contributed by atoms with E-state index in [9.17, 15) is 60.0 Å². The van der Waals surface area contributed by atoms with Crippen LogP contribution in [0.5, 0.6) is 0 Å². The lowest BCUT2D eigenvalue weighted by Gasteiger charge is -2.25. The van der Waals surface area contributed by atoms with E-state index in [4.69, 9.17) is 15.9 Å². The zero-order valence-corrected chi connectivity index (χ0v) is 26.1. The summed E-state index contributed by atoms with van der Waals surface area (Å²) in [6.45, 7) is -0.468. The fraction of sp³-hybridized carbons (Fsp3) is 0.857. The minimum Gasteiger partial charge on any atom is -0.394 e. The molecule has 0 aliphatic rings. The highest BCUT2D eigenvalue weighted by molar-refractivity contribution is 5.85. The first kappa shape index (κ1) is 43.8. The van der Waals surface area contributed by atoms with Gasteiger partial charge in [0, 0.05) is 51.9 Å². The van der Waals surface area contributed by atoms with Crippen molar-refractivity contribution in [2.24, 2.45) is 5.73 Å². The summed E-state index contributed by atoms with van der Waals surface area (Å²) in [6.07, 6.45) is -12.9. The Bertz CT molecular complexity index is 823. The molecule has 2 amide bonds. The van der Waals surface area contributed by atoms with Gasteiger partial charge in [-0.15, -0.1) is 0 Å². The van der Waals surface area contributed by atoms with Crippen molar-refractivity contribution < 1.29 is 70.2 Å². The van der Waals surface area contributed by atoms with Gasteiger partial charge in [-0.3, -0.25) is 19.2 Å². The smallest absolute Gasteiger partial charge is 0.221 e. The minimum absolute atomic E-state index is 0.0107. The number of carbonyl (C=O) groups excluding carboxylic acids is 4. The fourth-order valence-electron chi connectivity index (χ4n) is 4.24. The Morgan fingerprint density at radius 3 is 1.30 bits per heavy atom. The van der Waals surface area contributed by atoms with Gasteiger partial charge >= 0.3 is 0 Å². The maximum absolute atomic E-state index is 12.4. The number of aliphatic hydroxyl groups is 10. The van der Waals surface area contributed by atoms with Crippen molar-refractivity contribution >= 4 is 23.4 Å². The van der Waals surface area contributed by atoms with Gasteiger partial charge in [0.1, 0.15) is 48.8 Å². The summed E-state index contributed by atoms with van der Waals surface area (Å²) in [5.74, 6) is -2.64. The largest absolute Gasteiger partial charge is 0.394 e. The Morgan fingerprint density at radius 1 is 0.543 bits per heavy atom. The topological polar surface area (TPSA) is 324 Å². The normalized spacial score (nSPS) is 17.0. The van der Waals surface area contributed by atoms with Gasteiger partial charge in [0.05, 0.1) is 13.2 Å². The molecule has 270 valence electrons. The first-order valence-corrected chi connectivity index (χ1v) is 15.4. The summed E-state index contributed by atoms with van der Waals surface area (Å²) < 4.78 is 0. The van der Waals surface area contributed by atoms with Crippen LogP contribution in [0, 0.1) is 0 Å². The first-order valence-electron chi connectivity index (χ1n) is 15.4. The minimum atomic E-state index is -2.04. The number of carbonyl (C=O) groups is 4. The van der Waals surface area contributed by atoms with Crippen molar-refractivity contribution in [3.8, 4) is 0 Å². The second-order valence-corrected chi connectivity index (χ2v) is 11.0. The predicted octanol–water partition coefficient (Wildman–Crippen LogP) is -6.39. The zero-order chi connectivity index (χ0) is 35.2. The van der Waals surface area contributed by atoms with Crippen LogP contribution in [0.4, 0.5) is 0 Å². The van der Waals surface area contributed by atoms with E-state index in [0.717, 1.165) is 25.7 Å². The molecule has 18 heteroatoms. The molecule has 0 aromatic heterocycles. The molecule has 8 atom stereocenters. The molecule has 0 unspecified atom stereocenters. The van der Waals surface area contributed by atoms with Crippen LogP contribution in [0.2, 0.25) is 0 Å². The SMILES string of the molecule is NCCCCCCN(CCC(=O)NCCC(=O)[C@H](O)[C@@H](O)[C@H](O)[C@H](O)CO)CCC(=O)NCCC(=O)[C@H](O)[C@@H](O)[C@H](O)[C@H](O)CO. The molecular formula is C28H54N4O14. The molecule has 0 aliphatic heterocycles. The number of rotatable bonds is 28. The molecular weight excluding hydrogens is 616 g/mol. The van der Waals surface area contributed by atoms with Crippen molar-refractivity contribution in [3.63, 3.8) is 0 Å². The number of nitrogens with zero attached hydrogens (tertiary/aromatic N) is 1. The van der Waals surface area contributed by atoms with Crippen LogP contribution in [0.1, 0.15) is 51.4 Å². The highest BCUT2D eigenvalue weighted by Gasteiger charge is 2.34. The Hall–Kier alpha value is -2.20. The number of nitrogens with two attached hydrogens (primary N) is 1. The average Bonchev–Trinajstić information content (AvgIpc) is 3.05. The summed E-state index contributed by atoms with van der Waals surface area (Å²) in [6, 6.07) is 0. The van der Waals surface area contributed by atoms with E-state index in [2.05, 4.69) is 10.6 Å². The van der Waals surface area contributed by atoms with Gasteiger partial charge in [-0.05, 0) is 25.9 Å². The van der Waals surface area contributed by atoms with Crippen LogP contribution < -0.4 is 16.4 Å². The first-order chi connectivity index (χ1) is 21.7. The van der Waals surface area contributed by atoms with Crippen molar-refractivity contribution in [1.82, 2.24) is 15.5 Å². The summed E-state index contributed by atoms with van der Waals surface area (Å²) in [5.41, 5.74) is 5.52. The maximum Gasteiger partial charge on any atom is 0.221 e. The van der Waals surface area contributed by atoms with Crippen molar-refractivity contribution in [2.45, 2.75) is 100 Å². The van der Waals surface area contributed by atoms with Crippen molar-refractivity contribution in [2.75, 3.05) is 52.5 Å². The van der Waals surface area contributed by atoms with Gasteiger partial charge in [0.25, 0.3) is 0 Å². The molecule has 0 saturated heterocycles. The third-order valence-corrected chi connectivity index (χ3v) is 7.29. The van der Waals surface area contributed by atoms with Crippen LogP contribution in [-0.2, 0) is 19.2 Å². The number of nitrogens with one attached hydrogen (secondary N) is 2. The van der Waals surface area contributed by atoms with Gasteiger partial charge in [0.15, 0.2) is 11.6 Å². The summed E-state index contributed by atoms with van der Waals surface area (Å²) >= 11 is 0. The highest BCUT2D eigenvalue weighted by Crippen LogP contribution is 2.09. The van der Waals surface area contributed by atoms with Gasteiger partial charge in [0.2, 0.25) is 11.8 Å². The number of unbranched alkanes of at least 4 members (excludes halogenated alkanes) is 3. The van der Waals surface area contributed by atoms with Crippen molar-refractivity contribution in [3.05, 3.63) is 0 Å². The zero-order valence-electron chi connectivity index (χ0n) is 26.1. The number of aliphatic hydroxyl groups excluding tert-OH is 10. The Morgan fingerprint density at radius 2 is 0.935 bits per heavy atom. The molecule has 0 bridgehead atoms. The molecule has 0 aromatic rings. The molecule has 0 aromatic carbocycles. The lowest BCUT2D eigenvalue weighted by atomic mass is 9.99. The molecule has 0 spiro atoms. The predicted molar refractivity (Wildman–Crippen MR) is 161 cm³/mol.